The fraction of sp³-hybridized carbons (Fsp3) is 0.793. The maximum absolute atomic E-state index is 6.61. The second kappa shape index (κ2) is 6.99. The standard InChI is InChI=1S/C29H44O2/c1-26(2,3)17-24(27(4,5)6)20-8-10-23(11-9-20)31-25(30-7)28-14-19-12-21-13-22(16-28)29(21,15-19)18-28/h8-11,19,21-22,24-25H,12-18H2,1-7H3. The highest BCUT2D eigenvalue weighted by atomic mass is 16.7. The molecule has 0 radical (unpaired) electrons. The van der Waals surface area contributed by atoms with Crippen LogP contribution in [0.1, 0.15) is 98.0 Å². The van der Waals surface area contributed by atoms with Crippen LogP contribution in [0, 0.1) is 39.4 Å². The number of benzene rings is 1. The minimum absolute atomic E-state index is 0.102. The summed E-state index contributed by atoms with van der Waals surface area (Å²) in [6, 6.07) is 9.00. The second-order valence-corrected chi connectivity index (χ2v) is 14.1. The predicted molar refractivity (Wildman–Crippen MR) is 127 cm³/mol. The molecule has 7 atom stereocenters. The van der Waals surface area contributed by atoms with Gasteiger partial charge in [-0.2, -0.15) is 0 Å². The van der Waals surface area contributed by atoms with E-state index >= 15 is 0 Å². The maximum atomic E-state index is 6.61. The molecular formula is C29H44O2. The van der Waals surface area contributed by atoms with E-state index in [1.165, 1.54) is 50.5 Å². The van der Waals surface area contributed by atoms with Gasteiger partial charge in [0.05, 0.1) is 0 Å². The molecule has 4 aliphatic carbocycles. The summed E-state index contributed by atoms with van der Waals surface area (Å²) in [6.07, 6.45) is 9.53. The highest BCUT2D eigenvalue weighted by molar-refractivity contribution is 5.31. The zero-order valence-corrected chi connectivity index (χ0v) is 21.0. The molecule has 3 bridgehead atoms. The van der Waals surface area contributed by atoms with Crippen molar-refractivity contribution in [2.45, 2.75) is 98.7 Å². The minimum Gasteiger partial charge on any atom is -0.464 e. The lowest BCUT2D eigenvalue weighted by atomic mass is 9.55. The Labute approximate surface area is 190 Å². The molecule has 4 aliphatic rings. The first-order valence-electron chi connectivity index (χ1n) is 12.7. The van der Waals surface area contributed by atoms with Gasteiger partial charge >= 0.3 is 0 Å². The quantitative estimate of drug-likeness (QED) is 0.433. The molecule has 7 unspecified atom stereocenters. The summed E-state index contributed by atoms with van der Waals surface area (Å²) in [5.74, 6) is 4.38. The van der Waals surface area contributed by atoms with Crippen molar-refractivity contribution < 1.29 is 9.47 Å². The third kappa shape index (κ3) is 3.56. The SMILES string of the molecule is COC(Oc1ccc(C(CC(C)(C)C)C(C)(C)C)cc1)C12CC3CC4CC(C1)C4(C3)C2. The maximum Gasteiger partial charge on any atom is 0.205 e. The van der Waals surface area contributed by atoms with Crippen molar-refractivity contribution in [2.24, 2.45) is 39.4 Å². The molecule has 1 spiro atoms. The number of hydrogen-bond donors (Lipinski definition) is 0. The number of rotatable bonds is 6. The van der Waals surface area contributed by atoms with Gasteiger partial charge in [-0.3, -0.25) is 0 Å². The van der Waals surface area contributed by atoms with Crippen LogP contribution in [0.3, 0.4) is 0 Å². The lowest BCUT2D eigenvalue weighted by Crippen LogP contribution is -2.44. The Morgan fingerprint density at radius 2 is 1.65 bits per heavy atom. The number of methoxy groups -OCH3 is 1. The van der Waals surface area contributed by atoms with Crippen LogP contribution in [0.25, 0.3) is 0 Å². The van der Waals surface area contributed by atoms with Crippen molar-refractivity contribution in [2.75, 3.05) is 7.11 Å². The fourth-order valence-electron chi connectivity index (χ4n) is 8.56. The first-order valence-corrected chi connectivity index (χ1v) is 12.7. The van der Waals surface area contributed by atoms with Crippen LogP contribution in [-0.4, -0.2) is 13.4 Å². The smallest absolute Gasteiger partial charge is 0.205 e. The molecule has 2 heteroatoms. The topological polar surface area (TPSA) is 18.5 Å². The van der Waals surface area contributed by atoms with Crippen molar-refractivity contribution >= 4 is 0 Å². The van der Waals surface area contributed by atoms with Gasteiger partial charge in [0, 0.05) is 12.5 Å². The summed E-state index contributed by atoms with van der Waals surface area (Å²) in [5.41, 5.74) is 2.89. The Hall–Kier alpha value is -1.02. The van der Waals surface area contributed by atoms with Gasteiger partial charge < -0.3 is 9.47 Å². The number of fused-ring (bicyclic) bond motifs is 2. The van der Waals surface area contributed by atoms with E-state index in [1.54, 1.807) is 0 Å². The molecule has 1 aromatic carbocycles. The molecule has 2 nitrogen and oxygen atoms in total. The van der Waals surface area contributed by atoms with Crippen LogP contribution < -0.4 is 4.74 Å². The van der Waals surface area contributed by atoms with Gasteiger partial charge in [-0.25, -0.2) is 0 Å². The molecule has 0 saturated heterocycles. The zero-order valence-electron chi connectivity index (χ0n) is 21.0. The van der Waals surface area contributed by atoms with Crippen molar-refractivity contribution in [1.82, 2.24) is 0 Å². The Balaban J connectivity index is 1.33. The first kappa shape index (κ1) is 21.8. The van der Waals surface area contributed by atoms with E-state index in [9.17, 15) is 0 Å². The molecule has 4 saturated carbocycles. The van der Waals surface area contributed by atoms with Crippen molar-refractivity contribution in [3.05, 3.63) is 29.8 Å². The van der Waals surface area contributed by atoms with E-state index in [-0.39, 0.29) is 17.1 Å². The summed E-state index contributed by atoms with van der Waals surface area (Å²) in [4.78, 5) is 0. The molecule has 1 aromatic rings. The molecule has 172 valence electrons. The highest BCUT2D eigenvalue weighted by Crippen LogP contribution is 2.79. The molecule has 0 heterocycles. The van der Waals surface area contributed by atoms with E-state index in [1.807, 2.05) is 7.11 Å². The van der Waals surface area contributed by atoms with Crippen LogP contribution in [0.15, 0.2) is 24.3 Å². The van der Waals surface area contributed by atoms with E-state index in [2.05, 4.69) is 65.8 Å². The molecule has 4 fully saturated rings. The second-order valence-electron chi connectivity index (χ2n) is 14.1. The fourth-order valence-corrected chi connectivity index (χ4v) is 8.56. The van der Waals surface area contributed by atoms with Crippen molar-refractivity contribution in [3.8, 4) is 5.75 Å². The zero-order chi connectivity index (χ0) is 22.2. The third-order valence-corrected chi connectivity index (χ3v) is 9.61. The highest BCUT2D eigenvalue weighted by Gasteiger charge is 2.72. The molecule has 0 N–H and O–H groups in total. The van der Waals surface area contributed by atoms with E-state index < -0.39 is 0 Å². The van der Waals surface area contributed by atoms with Crippen LogP contribution in [0.2, 0.25) is 0 Å². The van der Waals surface area contributed by atoms with E-state index in [0.717, 1.165) is 23.5 Å². The molecular weight excluding hydrogens is 380 g/mol. The van der Waals surface area contributed by atoms with Gasteiger partial charge in [-0.15, -0.1) is 0 Å². The summed E-state index contributed by atoms with van der Waals surface area (Å²) in [5, 5.41) is 0. The lowest BCUT2D eigenvalue weighted by Gasteiger charge is -2.49. The van der Waals surface area contributed by atoms with Gasteiger partial charge in [0.25, 0.3) is 0 Å². The Bertz CT molecular complexity index is 809. The molecule has 5 rings (SSSR count). The van der Waals surface area contributed by atoms with Crippen molar-refractivity contribution in [3.63, 3.8) is 0 Å². The molecule has 0 aromatic heterocycles. The van der Waals surface area contributed by atoms with Gasteiger partial charge in [-0.1, -0.05) is 53.7 Å². The molecule has 0 aliphatic heterocycles. The minimum atomic E-state index is -0.102. The average Bonchev–Trinajstić information content (AvgIpc) is 2.98. The summed E-state index contributed by atoms with van der Waals surface area (Å²) in [7, 11) is 1.86. The van der Waals surface area contributed by atoms with E-state index in [4.69, 9.17) is 9.47 Å². The largest absolute Gasteiger partial charge is 0.464 e. The lowest BCUT2D eigenvalue weighted by molar-refractivity contribution is -0.153. The number of ether oxygens (including phenoxy) is 2. The Kier molecular flexibility index (Phi) is 4.92. The average molecular weight is 425 g/mol. The molecule has 31 heavy (non-hydrogen) atoms. The van der Waals surface area contributed by atoms with Crippen LogP contribution in [0.5, 0.6) is 5.75 Å². The predicted octanol–water partition coefficient (Wildman–Crippen LogP) is 7.82. The monoisotopic (exact) mass is 424 g/mol. The summed E-state index contributed by atoms with van der Waals surface area (Å²) < 4.78 is 12.7. The number of hydrogen-bond acceptors (Lipinski definition) is 2. The van der Waals surface area contributed by atoms with Gasteiger partial charge in [-0.05, 0) is 103 Å². The Morgan fingerprint density at radius 1 is 0.935 bits per heavy atom. The van der Waals surface area contributed by atoms with Crippen LogP contribution in [-0.2, 0) is 4.74 Å². The summed E-state index contributed by atoms with van der Waals surface area (Å²) >= 11 is 0. The van der Waals surface area contributed by atoms with E-state index in [0.29, 0.717) is 16.7 Å². The Morgan fingerprint density at radius 3 is 2.26 bits per heavy atom. The van der Waals surface area contributed by atoms with Gasteiger partial charge in [0.15, 0.2) is 0 Å². The van der Waals surface area contributed by atoms with Gasteiger partial charge in [0.2, 0.25) is 6.29 Å². The van der Waals surface area contributed by atoms with Crippen molar-refractivity contribution in [1.29, 1.82) is 0 Å². The van der Waals surface area contributed by atoms with Crippen LogP contribution >= 0.6 is 0 Å². The summed E-state index contributed by atoms with van der Waals surface area (Å²) in [6.45, 7) is 14.1. The first-order chi connectivity index (χ1) is 14.4. The molecule has 0 amide bonds. The normalized spacial score (nSPS) is 38.0. The van der Waals surface area contributed by atoms with Gasteiger partial charge in [0.1, 0.15) is 5.75 Å². The third-order valence-electron chi connectivity index (χ3n) is 9.61. The van der Waals surface area contributed by atoms with Crippen LogP contribution in [0.4, 0.5) is 0 Å².